The maximum Gasteiger partial charge on any atom is 0.280 e. The molecule has 2 heterocycles. The minimum absolute atomic E-state index is 0.121. The first kappa shape index (κ1) is 12.8. The van der Waals surface area contributed by atoms with E-state index < -0.39 is 0 Å². The molecule has 0 saturated carbocycles. The summed E-state index contributed by atoms with van der Waals surface area (Å²) in [7, 11) is 0. The van der Waals surface area contributed by atoms with Crippen molar-refractivity contribution in [3.63, 3.8) is 0 Å². The van der Waals surface area contributed by atoms with Gasteiger partial charge in [-0.25, -0.2) is 9.97 Å². The Kier molecular flexibility index (Phi) is 3.47. The SMILES string of the molecule is Cc1nccn1CCNC(=O)c1nc2ccccc2s1. The van der Waals surface area contributed by atoms with E-state index in [0.29, 0.717) is 18.1 Å². The molecule has 2 aromatic heterocycles. The number of hydrogen-bond donors (Lipinski definition) is 1. The summed E-state index contributed by atoms with van der Waals surface area (Å²) in [5.74, 6) is 0.822. The molecule has 0 saturated heterocycles. The molecule has 1 amide bonds. The number of hydrogen-bond acceptors (Lipinski definition) is 4. The first-order chi connectivity index (χ1) is 9.74. The molecular formula is C14H14N4OS. The number of imidazole rings is 1. The molecule has 3 aromatic rings. The van der Waals surface area contributed by atoms with Crippen molar-refractivity contribution in [1.82, 2.24) is 19.9 Å². The number of para-hydroxylation sites is 1. The van der Waals surface area contributed by atoms with Crippen LogP contribution in [0.2, 0.25) is 0 Å². The van der Waals surface area contributed by atoms with Crippen LogP contribution < -0.4 is 5.32 Å². The Morgan fingerprint density at radius 3 is 3.00 bits per heavy atom. The lowest BCUT2D eigenvalue weighted by Crippen LogP contribution is -2.27. The van der Waals surface area contributed by atoms with Crippen LogP contribution in [0.25, 0.3) is 10.2 Å². The van der Waals surface area contributed by atoms with E-state index in [1.54, 1.807) is 6.20 Å². The summed E-state index contributed by atoms with van der Waals surface area (Å²) >= 11 is 1.41. The van der Waals surface area contributed by atoms with E-state index in [1.807, 2.05) is 42.0 Å². The van der Waals surface area contributed by atoms with Crippen molar-refractivity contribution in [3.8, 4) is 0 Å². The smallest absolute Gasteiger partial charge is 0.280 e. The van der Waals surface area contributed by atoms with Gasteiger partial charge in [0.1, 0.15) is 5.82 Å². The summed E-state index contributed by atoms with van der Waals surface area (Å²) in [5, 5.41) is 3.39. The third-order valence-corrected chi connectivity index (χ3v) is 4.09. The van der Waals surface area contributed by atoms with E-state index in [2.05, 4.69) is 15.3 Å². The fourth-order valence-electron chi connectivity index (χ4n) is 1.97. The fraction of sp³-hybridized carbons (Fsp3) is 0.214. The van der Waals surface area contributed by atoms with E-state index >= 15 is 0 Å². The molecule has 0 spiro atoms. The quantitative estimate of drug-likeness (QED) is 0.800. The van der Waals surface area contributed by atoms with Gasteiger partial charge in [-0.05, 0) is 19.1 Å². The van der Waals surface area contributed by atoms with Crippen molar-refractivity contribution in [2.24, 2.45) is 0 Å². The summed E-state index contributed by atoms with van der Waals surface area (Å²) in [6, 6.07) is 7.76. The molecule has 0 bridgehead atoms. The predicted octanol–water partition coefficient (Wildman–Crippen LogP) is 2.23. The number of nitrogens with zero attached hydrogens (tertiary/aromatic N) is 3. The highest BCUT2D eigenvalue weighted by Crippen LogP contribution is 2.21. The first-order valence-electron chi connectivity index (χ1n) is 6.35. The minimum Gasteiger partial charge on any atom is -0.348 e. The first-order valence-corrected chi connectivity index (χ1v) is 7.17. The zero-order valence-electron chi connectivity index (χ0n) is 11.0. The molecule has 0 radical (unpaired) electrons. The van der Waals surface area contributed by atoms with Gasteiger partial charge < -0.3 is 9.88 Å². The molecule has 0 aliphatic rings. The van der Waals surface area contributed by atoms with Crippen molar-refractivity contribution >= 4 is 27.5 Å². The Morgan fingerprint density at radius 2 is 2.25 bits per heavy atom. The fourth-order valence-corrected chi connectivity index (χ4v) is 2.86. The molecule has 5 nitrogen and oxygen atoms in total. The number of amides is 1. The van der Waals surface area contributed by atoms with Gasteiger partial charge in [-0.15, -0.1) is 11.3 Å². The summed E-state index contributed by atoms with van der Waals surface area (Å²) in [4.78, 5) is 20.5. The van der Waals surface area contributed by atoms with Gasteiger partial charge in [0.25, 0.3) is 5.91 Å². The van der Waals surface area contributed by atoms with Crippen molar-refractivity contribution in [1.29, 1.82) is 0 Å². The van der Waals surface area contributed by atoms with E-state index in [1.165, 1.54) is 11.3 Å². The van der Waals surface area contributed by atoms with Crippen LogP contribution in [-0.4, -0.2) is 27.0 Å². The number of benzene rings is 1. The molecule has 0 aliphatic heterocycles. The van der Waals surface area contributed by atoms with Gasteiger partial charge in [-0.1, -0.05) is 12.1 Å². The van der Waals surface area contributed by atoms with E-state index in [0.717, 1.165) is 16.0 Å². The zero-order valence-corrected chi connectivity index (χ0v) is 11.9. The van der Waals surface area contributed by atoms with Crippen LogP contribution in [0.1, 0.15) is 15.6 Å². The lowest BCUT2D eigenvalue weighted by Gasteiger charge is -2.05. The monoisotopic (exact) mass is 286 g/mol. The van der Waals surface area contributed by atoms with Crippen LogP contribution in [0.5, 0.6) is 0 Å². The highest BCUT2D eigenvalue weighted by Gasteiger charge is 2.11. The summed E-state index contributed by atoms with van der Waals surface area (Å²) in [6.45, 7) is 3.21. The number of nitrogens with one attached hydrogen (secondary N) is 1. The molecule has 20 heavy (non-hydrogen) atoms. The van der Waals surface area contributed by atoms with Crippen LogP contribution in [0.4, 0.5) is 0 Å². The molecule has 1 aromatic carbocycles. The molecule has 0 unspecified atom stereocenters. The van der Waals surface area contributed by atoms with Crippen LogP contribution in [0.15, 0.2) is 36.7 Å². The van der Waals surface area contributed by atoms with Gasteiger partial charge >= 0.3 is 0 Å². The number of thiazole rings is 1. The van der Waals surface area contributed by atoms with E-state index in [-0.39, 0.29) is 5.91 Å². The van der Waals surface area contributed by atoms with Gasteiger partial charge in [-0.3, -0.25) is 4.79 Å². The molecule has 3 rings (SSSR count). The second-order valence-corrected chi connectivity index (χ2v) is 5.44. The second-order valence-electron chi connectivity index (χ2n) is 4.41. The van der Waals surface area contributed by atoms with Crippen LogP contribution >= 0.6 is 11.3 Å². The molecule has 0 aliphatic carbocycles. The Bertz CT molecular complexity index is 713. The van der Waals surface area contributed by atoms with Crippen molar-refractivity contribution < 1.29 is 4.79 Å². The Morgan fingerprint density at radius 1 is 1.40 bits per heavy atom. The van der Waals surface area contributed by atoms with Gasteiger partial charge in [-0.2, -0.15) is 0 Å². The summed E-state index contributed by atoms with van der Waals surface area (Å²) < 4.78 is 3.03. The molecule has 102 valence electrons. The van der Waals surface area contributed by atoms with E-state index in [4.69, 9.17) is 0 Å². The normalized spacial score (nSPS) is 10.8. The van der Waals surface area contributed by atoms with Crippen molar-refractivity contribution in [2.75, 3.05) is 6.54 Å². The minimum atomic E-state index is -0.121. The number of carbonyl (C=O) groups is 1. The third kappa shape index (κ3) is 2.55. The second kappa shape index (κ2) is 5.42. The topological polar surface area (TPSA) is 59.8 Å². The third-order valence-electron chi connectivity index (χ3n) is 3.05. The number of carbonyl (C=O) groups excluding carboxylic acids is 1. The van der Waals surface area contributed by atoms with Gasteiger partial charge in [0.05, 0.1) is 10.2 Å². The highest BCUT2D eigenvalue weighted by atomic mass is 32.1. The van der Waals surface area contributed by atoms with Gasteiger partial charge in [0, 0.05) is 25.5 Å². The predicted molar refractivity (Wildman–Crippen MR) is 78.9 cm³/mol. The Hall–Kier alpha value is -2.21. The molecule has 1 N–H and O–H groups in total. The summed E-state index contributed by atoms with van der Waals surface area (Å²) in [6.07, 6.45) is 3.66. The molecule has 6 heteroatoms. The zero-order chi connectivity index (χ0) is 13.9. The Balaban J connectivity index is 1.63. The van der Waals surface area contributed by atoms with Crippen LogP contribution in [0, 0.1) is 6.92 Å². The molecular weight excluding hydrogens is 272 g/mol. The van der Waals surface area contributed by atoms with Crippen LogP contribution in [-0.2, 0) is 6.54 Å². The number of aromatic nitrogens is 3. The lowest BCUT2D eigenvalue weighted by molar-refractivity contribution is 0.0952. The standard InChI is InChI=1S/C14H14N4OS/c1-10-15-6-8-18(10)9-7-16-13(19)14-17-11-4-2-3-5-12(11)20-14/h2-6,8H,7,9H2,1H3,(H,16,19). The number of aryl methyl sites for hydroxylation is 1. The van der Waals surface area contributed by atoms with Crippen LogP contribution in [0.3, 0.4) is 0 Å². The average Bonchev–Trinajstić information content (AvgIpc) is 3.05. The van der Waals surface area contributed by atoms with Crippen molar-refractivity contribution in [3.05, 3.63) is 47.5 Å². The highest BCUT2D eigenvalue weighted by molar-refractivity contribution is 7.20. The maximum absolute atomic E-state index is 12.0. The average molecular weight is 286 g/mol. The number of rotatable bonds is 4. The molecule has 0 atom stereocenters. The molecule has 0 fully saturated rings. The van der Waals surface area contributed by atoms with Gasteiger partial charge in [0.2, 0.25) is 0 Å². The van der Waals surface area contributed by atoms with E-state index in [9.17, 15) is 4.79 Å². The largest absolute Gasteiger partial charge is 0.348 e. The summed E-state index contributed by atoms with van der Waals surface area (Å²) in [5.41, 5.74) is 0.869. The lowest BCUT2D eigenvalue weighted by atomic mass is 10.3. The van der Waals surface area contributed by atoms with Crippen molar-refractivity contribution in [2.45, 2.75) is 13.5 Å². The maximum atomic E-state index is 12.0. The van der Waals surface area contributed by atoms with Gasteiger partial charge in [0.15, 0.2) is 5.01 Å². The number of fused-ring (bicyclic) bond motifs is 1. The Labute approximate surface area is 120 Å².